The minimum Gasteiger partial charge on any atom is -0.493 e. The predicted molar refractivity (Wildman–Crippen MR) is 73.2 cm³/mol. The molecule has 20 heavy (non-hydrogen) atoms. The summed E-state index contributed by atoms with van der Waals surface area (Å²) in [5.41, 5.74) is 1.82. The molecule has 0 unspecified atom stereocenters. The van der Waals surface area contributed by atoms with Crippen molar-refractivity contribution in [2.45, 2.75) is 20.3 Å². The quantitative estimate of drug-likeness (QED) is 0.882. The Bertz CT molecular complexity index is 610. The number of H-pyrrole nitrogens is 1. The van der Waals surface area contributed by atoms with E-state index < -0.39 is 0 Å². The van der Waals surface area contributed by atoms with E-state index in [0.29, 0.717) is 11.6 Å². The second kappa shape index (κ2) is 6.18. The number of carbonyl (C=O) groups excluding carboxylic acids is 1. The molecule has 106 valence electrons. The number of halogens is 1. The molecular formula is C14H16FN3O2. The summed E-state index contributed by atoms with van der Waals surface area (Å²) in [6.45, 7) is 3.93. The SMILES string of the molecule is Cc1[nH]nc(NC(=O)CCOc2cccc(F)c2)c1C. The Morgan fingerprint density at radius 3 is 2.90 bits per heavy atom. The minimum absolute atomic E-state index is 0.169. The number of aromatic nitrogens is 2. The summed E-state index contributed by atoms with van der Waals surface area (Å²) in [7, 11) is 0. The average molecular weight is 277 g/mol. The van der Waals surface area contributed by atoms with Crippen LogP contribution in [-0.2, 0) is 4.79 Å². The maximum Gasteiger partial charge on any atom is 0.229 e. The standard InChI is InChI=1S/C14H16FN3O2/c1-9-10(2)17-18-14(9)16-13(19)6-7-20-12-5-3-4-11(15)8-12/h3-5,8H,6-7H2,1-2H3,(H2,16,17,18,19). The number of benzene rings is 1. The largest absolute Gasteiger partial charge is 0.493 e. The van der Waals surface area contributed by atoms with Gasteiger partial charge in [-0.25, -0.2) is 4.39 Å². The molecule has 2 N–H and O–H groups in total. The van der Waals surface area contributed by atoms with Gasteiger partial charge in [-0.15, -0.1) is 0 Å². The number of nitrogens with one attached hydrogen (secondary N) is 2. The van der Waals surface area contributed by atoms with Gasteiger partial charge < -0.3 is 10.1 Å². The highest BCUT2D eigenvalue weighted by Gasteiger charge is 2.09. The molecule has 2 rings (SSSR count). The lowest BCUT2D eigenvalue weighted by Crippen LogP contribution is -2.16. The van der Waals surface area contributed by atoms with Crippen LogP contribution in [0.4, 0.5) is 10.2 Å². The van der Waals surface area contributed by atoms with E-state index in [9.17, 15) is 9.18 Å². The predicted octanol–water partition coefficient (Wildman–Crippen LogP) is 2.57. The third-order valence-corrected chi connectivity index (χ3v) is 2.90. The zero-order valence-corrected chi connectivity index (χ0v) is 11.4. The summed E-state index contributed by atoms with van der Waals surface area (Å²) in [6.07, 6.45) is 0.169. The van der Waals surface area contributed by atoms with E-state index in [1.807, 2.05) is 13.8 Å². The van der Waals surface area contributed by atoms with Crippen molar-refractivity contribution in [1.29, 1.82) is 0 Å². The molecule has 0 radical (unpaired) electrons. The molecule has 0 aliphatic carbocycles. The molecule has 0 atom stereocenters. The Labute approximate surface area is 116 Å². The molecule has 6 heteroatoms. The first-order valence-electron chi connectivity index (χ1n) is 6.26. The fourth-order valence-electron chi connectivity index (χ4n) is 1.62. The average Bonchev–Trinajstić information content (AvgIpc) is 2.71. The van der Waals surface area contributed by atoms with Crippen molar-refractivity contribution in [3.63, 3.8) is 0 Å². The van der Waals surface area contributed by atoms with Crippen LogP contribution in [0.15, 0.2) is 24.3 Å². The number of aromatic amines is 1. The summed E-state index contributed by atoms with van der Waals surface area (Å²) in [5.74, 6) is 0.369. The highest BCUT2D eigenvalue weighted by molar-refractivity contribution is 5.90. The lowest BCUT2D eigenvalue weighted by atomic mass is 10.3. The van der Waals surface area contributed by atoms with Crippen molar-refractivity contribution in [3.8, 4) is 5.75 Å². The first-order chi connectivity index (χ1) is 9.56. The van der Waals surface area contributed by atoms with Crippen LogP contribution in [0.2, 0.25) is 0 Å². The van der Waals surface area contributed by atoms with Gasteiger partial charge in [-0.2, -0.15) is 5.10 Å². The molecule has 1 aromatic carbocycles. The molecule has 0 fully saturated rings. The van der Waals surface area contributed by atoms with Crippen LogP contribution in [0, 0.1) is 19.7 Å². The lowest BCUT2D eigenvalue weighted by molar-refractivity contribution is -0.116. The van der Waals surface area contributed by atoms with Gasteiger partial charge in [-0.1, -0.05) is 6.07 Å². The number of nitrogens with zero attached hydrogens (tertiary/aromatic N) is 1. The smallest absolute Gasteiger partial charge is 0.229 e. The first-order valence-corrected chi connectivity index (χ1v) is 6.26. The number of rotatable bonds is 5. The molecule has 0 aliphatic heterocycles. The zero-order valence-electron chi connectivity index (χ0n) is 11.4. The van der Waals surface area contributed by atoms with Gasteiger partial charge in [0.05, 0.1) is 13.0 Å². The van der Waals surface area contributed by atoms with Gasteiger partial charge in [0, 0.05) is 17.3 Å². The van der Waals surface area contributed by atoms with Crippen LogP contribution in [0.3, 0.4) is 0 Å². The van der Waals surface area contributed by atoms with Gasteiger partial charge >= 0.3 is 0 Å². The number of ether oxygens (including phenoxy) is 1. The van der Waals surface area contributed by atoms with E-state index in [1.165, 1.54) is 12.1 Å². The van der Waals surface area contributed by atoms with Crippen molar-refractivity contribution in [2.75, 3.05) is 11.9 Å². The lowest BCUT2D eigenvalue weighted by Gasteiger charge is -2.06. The van der Waals surface area contributed by atoms with Gasteiger partial charge in [0.2, 0.25) is 5.91 Å². The van der Waals surface area contributed by atoms with Gasteiger partial charge in [-0.3, -0.25) is 9.89 Å². The first kappa shape index (κ1) is 14.0. The van der Waals surface area contributed by atoms with E-state index in [2.05, 4.69) is 15.5 Å². The molecule has 2 aromatic rings. The third kappa shape index (κ3) is 3.57. The van der Waals surface area contributed by atoms with Crippen LogP contribution in [0.5, 0.6) is 5.75 Å². The summed E-state index contributed by atoms with van der Waals surface area (Å²) >= 11 is 0. The molecule has 0 saturated carbocycles. The molecule has 0 aliphatic rings. The van der Waals surface area contributed by atoms with Gasteiger partial charge in [0.25, 0.3) is 0 Å². The molecule has 5 nitrogen and oxygen atoms in total. The van der Waals surface area contributed by atoms with Crippen LogP contribution < -0.4 is 10.1 Å². The molecule has 0 bridgehead atoms. The Balaban J connectivity index is 1.80. The second-order valence-corrected chi connectivity index (χ2v) is 4.43. The minimum atomic E-state index is -0.366. The Morgan fingerprint density at radius 2 is 2.25 bits per heavy atom. The molecular weight excluding hydrogens is 261 g/mol. The number of anilines is 1. The molecule has 1 aromatic heterocycles. The second-order valence-electron chi connectivity index (χ2n) is 4.43. The monoisotopic (exact) mass is 277 g/mol. The molecule has 0 saturated heterocycles. The summed E-state index contributed by atoms with van der Waals surface area (Å²) < 4.78 is 18.2. The third-order valence-electron chi connectivity index (χ3n) is 2.90. The Kier molecular flexibility index (Phi) is 4.34. The van der Waals surface area contributed by atoms with E-state index in [4.69, 9.17) is 4.74 Å². The number of hydrogen-bond acceptors (Lipinski definition) is 3. The van der Waals surface area contributed by atoms with E-state index in [-0.39, 0.29) is 24.8 Å². The topological polar surface area (TPSA) is 67.0 Å². The van der Waals surface area contributed by atoms with E-state index in [1.54, 1.807) is 12.1 Å². The molecule has 0 spiro atoms. The van der Waals surface area contributed by atoms with Gasteiger partial charge in [-0.05, 0) is 26.0 Å². The normalized spacial score (nSPS) is 10.3. The maximum absolute atomic E-state index is 12.9. The van der Waals surface area contributed by atoms with Crippen LogP contribution in [-0.4, -0.2) is 22.7 Å². The fraction of sp³-hybridized carbons (Fsp3) is 0.286. The van der Waals surface area contributed by atoms with Crippen LogP contribution in [0.25, 0.3) is 0 Å². The Morgan fingerprint density at radius 1 is 1.45 bits per heavy atom. The van der Waals surface area contributed by atoms with Gasteiger partial charge in [0.15, 0.2) is 5.82 Å². The number of hydrogen-bond donors (Lipinski definition) is 2. The zero-order chi connectivity index (χ0) is 14.5. The summed E-state index contributed by atoms with van der Waals surface area (Å²) in [6, 6.07) is 5.81. The van der Waals surface area contributed by atoms with Crippen molar-refractivity contribution in [1.82, 2.24) is 10.2 Å². The summed E-state index contributed by atoms with van der Waals surface area (Å²) in [4.78, 5) is 11.7. The number of carbonyl (C=O) groups is 1. The van der Waals surface area contributed by atoms with Crippen LogP contribution >= 0.6 is 0 Å². The highest BCUT2D eigenvalue weighted by Crippen LogP contribution is 2.14. The van der Waals surface area contributed by atoms with Crippen molar-refractivity contribution < 1.29 is 13.9 Å². The number of amides is 1. The molecule has 1 amide bonds. The summed E-state index contributed by atoms with van der Waals surface area (Å²) in [5, 5.41) is 9.47. The highest BCUT2D eigenvalue weighted by atomic mass is 19.1. The van der Waals surface area contributed by atoms with Crippen molar-refractivity contribution >= 4 is 11.7 Å². The van der Waals surface area contributed by atoms with Gasteiger partial charge in [0.1, 0.15) is 11.6 Å². The van der Waals surface area contributed by atoms with Crippen molar-refractivity contribution in [3.05, 3.63) is 41.3 Å². The molecule has 1 heterocycles. The van der Waals surface area contributed by atoms with Crippen molar-refractivity contribution in [2.24, 2.45) is 0 Å². The number of aryl methyl sites for hydroxylation is 1. The van der Waals surface area contributed by atoms with E-state index in [0.717, 1.165) is 11.3 Å². The maximum atomic E-state index is 12.9. The Hall–Kier alpha value is -2.37. The van der Waals surface area contributed by atoms with Crippen LogP contribution in [0.1, 0.15) is 17.7 Å². The fourth-order valence-corrected chi connectivity index (χ4v) is 1.62. The van der Waals surface area contributed by atoms with E-state index >= 15 is 0 Å².